The number of carbonyl (C=O) groups is 1. The van der Waals surface area contributed by atoms with Gasteiger partial charge in [-0.05, 0) is 42.0 Å². The van der Waals surface area contributed by atoms with Gasteiger partial charge in [-0.2, -0.15) is 5.26 Å². The maximum absolute atomic E-state index is 13.1. The van der Waals surface area contributed by atoms with E-state index in [1.807, 2.05) is 18.2 Å². The Morgan fingerprint density at radius 2 is 1.88 bits per heavy atom. The van der Waals surface area contributed by atoms with Gasteiger partial charge in [0.25, 0.3) is 5.91 Å². The monoisotopic (exact) mass is 452 g/mol. The number of hydrogen-bond acceptors (Lipinski definition) is 6. The van der Waals surface area contributed by atoms with Crippen molar-refractivity contribution in [1.82, 2.24) is 10.3 Å². The molecule has 6 nitrogen and oxygen atoms in total. The fraction of sp³-hybridized carbons (Fsp3) is 0.0769. The van der Waals surface area contributed by atoms with Crippen molar-refractivity contribution in [2.45, 2.75) is 12.5 Å². The molecule has 0 spiro atoms. The number of amides is 1. The van der Waals surface area contributed by atoms with E-state index in [1.54, 1.807) is 67.0 Å². The number of nitrogens with zero attached hydrogens (tertiary/aromatic N) is 2. The number of phenols is 1. The molecule has 0 saturated heterocycles. The molecule has 0 aliphatic carbocycles. The second kappa shape index (κ2) is 9.90. The number of nitriles is 1. The van der Waals surface area contributed by atoms with Gasteiger partial charge in [-0.1, -0.05) is 36.4 Å². The molecule has 1 atom stereocenters. The molecule has 0 aliphatic rings. The molecule has 162 valence electrons. The van der Waals surface area contributed by atoms with Gasteiger partial charge in [-0.15, -0.1) is 11.3 Å². The maximum Gasteiger partial charge on any atom is 0.261 e. The van der Waals surface area contributed by atoms with Gasteiger partial charge < -0.3 is 15.8 Å². The Kier molecular flexibility index (Phi) is 6.58. The first-order valence-electron chi connectivity index (χ1n) is 10.2. The fourth-order valence-electron chi connectivity index (χ4n) is 3.44. The lowest BCUT2D eigenvalue weighted by atomic mass is 9.97. The highest BCUT2D eigenvalue weighted by Gasteiger charge is 2.22. The van der Waals surface area contributed by atoms with Crippen LogP contribution in [0.15, 0.2) is 85.2 Å². The normalized spacial score (nSPS) is 11.4. The highest BCUT2D eigenvalue weighted by atomic mass is 32.1. The lowest BCUT2D eigenvalue weighted by molar-refractivity contribution is 0.0941. The van der Waals surface area contributed by atoms with Crippen molar-refractivity contribution < 1.29 is 9.90 Å². The zero-order valence-corrected chi connectivity index (χ0v) is 18.3. The van der Waals surface area contributed by atoms with Crippen molar-refractivity contribution in [3.63, 3.8) is 0 Å². The van der Waals surface area contributed by atoms with Crippen LogP contribution in [0.3, 0.4) is 0 Å². The van der Waals surface area contributed by atoms with Gasteiger partial charge in [0.15, 0.2) is 0 Å². The first kappa shape index (κ1) is 21.9. The van der Waals surface area contributed by atoms with Crippen LogP contribution in [0.5, 0.6) is 5.75 Å². The number of aromatic hydroxyl groups is 1. The minimum absolute atomic E-state index is 0.0613. The van der Waals surface area contributed by atoms with Gasteiger partial charge in [-0.3, -0.25) is 9.78 Å². The summed E-state index contributed by atoms with van der Waals surface area (Å²) in [7, 11) is 0. The summed E-state index contributed by atoms with van der Waals surface area (Å²) in [4.78, 5) is 18.6. The Hall–Kier alpha value is -4.28. The summed E-state index contributed by atoms with van der Waals surface area (Å²) in [5, 5.41) is 30.8. The quantitative estimate of drug-likeness (QED) is 0.330. The molecule has 2 aromatic carbocycles. The van der Waals surface area contributed by atoms with Crippen molar-refractivity contribution in [1.29, 1.82) is 10.7 Å². The van der Waals surface area contributed by atoms with E-state index in [9.17, 15) is 9.90 Å². The van der Waals surface area contributed by atoms with E-state index in [0.29, 0.717) is 27.3 Å². The van der Waals surface area contributed by atoms with Crippen LogP contribution in [0.1, 0.15) is 38.8 Å². The van der Waals surface area contributed by atoms with Gasteiger partial charge in [0.1, 0.15) is 5.75 Å². The number of nitrogens with one attached hydrogen (secondary N) is 2. The maximum atomic E-state index is 13.1. The first-order chi connectivity index (χ1) is 16.0. The summed E-state index contributed by atoms with van der Waals surface area (Å²) in [6, 6.07) is 22.7. The van der Waals surface area contributed by atoms with Gasteiger partial charge in [0.2, 0.25) is 0 Å². The molecule has 0 bridgehead atoms. The number of hydrogen-bond donors (Lipinski definition) is 3. The number of aromatic nitrogens is 1. The molecule has 0 fully saturated rings. The molecule has 7 heteroatoms. The lowest BCUT2D eigenvalue weighted by Crippen LogP contribution is -2.29. The van der Waals surface area contributed by atoms with E-state index in [2.05, 4.69) is 16.4 Å². The van der Waals surface area contributed by atoms with Crippen molar-refractivity contribution in [3.05, 3.63) is 107 Å². The second-order valence-electron chi connectivity index (χ2n) is 7.36. The Balaban J connectivity index is 1.56. The minimum atomic E-state index is -0.591. The van der Waals surface area contributed by atoms with E-state index in [1.165, 1.54) is 11.3 Å². The Bertz CT molecular complexity index is 1320. The van der Waals surface area contributed by atoms with Crippen LogP contribution in [0.25, 0.3) is 10.4 Å². The largest absolute Gasteiger partial charge is 0.508 e. The van der Waals surface area contributed by atoms with Crippen molar-refractivity contribution in [3.8, 4) is 22.3 Å². The average molecular weight is 453 g/mol. The summed E-state index contributed by atoms with van der Waals surface area (Å²) < 4.78 is 0. The smallest absolute Gasteiger partial charge is 0.261 e. The number of phenolic OH excluding ortho intramolecular Hbond substituents is 1. The first-order valence-corrected chi connectivity index (χ1v) is 11.0. The third kappa shape index (κ3) is 5.14. The molecule has 2 heterocycles. The van der Waals surface area contributed by atoms with Crippen molar-refractivity contribution in [2.24, 2.45) is 0 Å². The van der Waals surface area contributed by atoms with Crippen LogP contribution in [0, 0.1) is 16.7 Å². The zero-order chi connectivity index (χ0) is 23.2. The topological polar surface area (TPSA) is 110 Å². The fourth-order valence-corrected chi connectivity index (χ4v) is 4.35. The van der Waals surface area contributed by atoms with E-state index < -0.39 is 6.04 Å². The molecule has 4 aromatic rings. The highest BCUT2D eigenvalue weighted by Crippen LogP contribution is 2.31. The molecular formula is C26H20N4O2S. The average Bonchev–Trinajstić information content (AvgIpc) is 3.35. The Morgan fingerprint density at radius 1 is 1.09 bits per heavy atom. The molecule has 33 heavy (non-hydrogen) atoms. The molecule has 4 rings (SSSR count). The summed E-state index contributed by atoms with van der Waals surface area (Å²) in [6.07, 6.45) is 3.44. The highest BCUT2D eigenvalue weighted by molar-refractivity contribution is 7.17. The van der Waals surface area contributed by atoms with Crippen LogP contribution in [0.2, 0.25) is 0 Å². The Morgan fingerprint density at radius 3 is 2.58 bits per heavy atom. The molecular weight excluding hydrogens is 432 g/mol. The van der Waals surface area contributed by atoms with Crippen molar-refractivity contribution >= 4 is 23.0 Å². The van der Waals surface area contributed by atoms with Crippen LogP contribution >= 0.6 is 11.3 Å². The van der Waals surface area contributed by atoms with Crippen LogP contribution in [0.4, 0.5) is 0 Å². The Labute approximate surface area is 195 Å². The van der Waals surface area contributed by atoms with Crippen molar-refractivity contribution in [2.75, 3.05) is 0 Å². The predicted octanol–water partition coefficient (Wildman–Crippen LogP) is 5.32. The number of thiophene rings is 1. The SMILES string of the molecule is N#Cc1ccc(-c2ccc(C(=O)NC(CC(=N)c3cccnc3)c3ccccc3O)s2)cc1. The molecule has 0 aliphatic heterocycles. The summed E-state index contributed by atoms with van der Waals surface area (Å²) in [6.45, 7) is 0. The van der Waals surface area contributed by atoms with Crippen LogP contribution in [-0.2, 0) is 0 Å². The minimum Gasteiger partial charge on any atom is -0.508 e. The van der Waals surface area contributed by atoms with Gasteiger partial charge in [-0.25, -0.2) is 0 Å². The van der Waals surface area contributed by atoms with Gasteiger partial charge in [0, 0.05) is 40.5 Å². The summed E-state index contributed by atoms with van der Waals surface area (Å²) >= 11 is 1.34. The van der Waals surface area contributed by atoms with E-state index >= 15 is 0 Å². The second-order valence-corrected chi connectivity index (χ2v) is 8.45. The molecule has 1 amide bonds. The molecule has 0 radical (unpaired) electrons. The molecule has 0 saturated carbocycles. The van der Waals surface area contributed by atoms with Crippen LogP contribution < -0.4 is 5.32 Å². The van der Waals surface area contributed by atoms with E-state index in [0.717, 1.165) is 10.4 Å². The van der Waals surface area contributed by atoms with Gasteiger partial charge in [0.05, 0.1) is 22.6 Å². The standard InChI is InChI=1S/C26H20N4O2S/c27-15-17-7-9-18(10-8-17)24-11-12-25(33-24)26(32)30-22(20-5-1-2-6-23(20)31)14-21(28)19-4-3-13-29-16-19/h1-13,16,22,28,31H,14H2,(H,30,32). The predicted molar refractivity (Wildman–Crippen MR) is 128 cm³/mol. The third-order valence-electron chi connectivity index (χ3n) is 5.16. The summed E-state index contributed by atoms with van der Waals surface area (Å²) in [5.74, 6) is -0.224. The van der Waals surface area contributed by atoms with E-state index in [-0.39, 0.29) is 18.1 Å². The molecule has 2 aromatic heterocycles. The molecule has 3 N–H and O–H groups in total. The van der Waals surface area contributed by atoms with Gasteiger partial charge >= 0.3 is 0 Å². The number of benzene rings is 2. The number of carbonyl (C=O) groups excluding carboxylic acids is 1. The molecule has 1 unspecified atom stereocenters. The number of pyridine rings is 1. The van der Waals surface area contributed by atoms with Crippen LogP contribution in [-0.4, -0.2) is 21.7 Å². The zero-order valence-electron chi connectivity index (χ0n) is 17.5. The summed E-state index contributed by atoms with van der Waals surface area (Å²) in [5.41, 5.74) is 3.01. The number of para-hydroxylation sites is 1. The number of rotatable bonds is 7. The van der Waals surface area contributed by atoms with E-state index in [4.69, 9.17) is 10.7 Å². The lowest BCUT2D eigenvalue weighted by Gasteiger charge is -2.20. The third-order valence-corrected chi connectivity index (χ3v) is 6.30.